The number of aromatic nitrogens is 2. The van der Waals surface area contributed by atoms with Crippen molar-refractivity contribution in [3.05, 3.63) is 17.8 Å². The third kappa shape index (κ3) is 3.90. The number of nitrogens with one attached hydrogen (secondary N) is 2. The molecule has 1 aromatic rings. The number of hydrogen-bond acceptors (Lipinski definition) is 5. The van der Waals surface area contributed by atoms with Crippen LogP contribution in [0, 0.1) is 5.92 Å². The van der Waals surface area contributed by atoms with Gasteiger partial charge in [0.2, 0.25) is 0 Å². The van der Waals surface area contributed by atoms with Gasteiger partial charge in [0.15, 0.2) is 5.69 Å². The van der Waals surface area contributed by atoms with Crippen LogP contribution in [-0.4, -0.2) is 54.2 Å². The molecule has 1 aliphatic heterocycles. The minimum Gasteiger partial charge on any atom is -0.368 e. The van der Waals surface area contributed by atoms with Crippen LogP contribution in [0.2, 0.25) is 0 Å². The number of rotatable bonds is 5. The van der Waals surface area contributed by atoms with Crippen molar-refractivity contribution in [3.63, 3.8) is 0 Å². The summed E-state index contributed by atoms with van der Waals surface area (Å²) < 4.78 is 0. The van der Waals surface area contributed by atoms with Crippen LogP contribution >= 0.6 is 0 Å². The van der Waals surface area contributed by atoms with E-state index in [9.17, 15) is 4.79 Å². The van der Waals surface area contributed by atoms with E-state index in [4.69, 9.17) is 0 Å². The van der Waals surface area contributed by atoms with E-state index in [2.05, 4.69) is 32.7 Å². The highest BCUT2D eigenvalue weighted by molar-refractivity contribution is 5.91. The zero-order valence-corrected chi connectivity index (χ0v) is 12.2. The first-order chi connectivity index (χ1) is 9.72. The smallest absolute Gasteiger partial charge is 0.271 e. The molecule has 110 valence electrons. The lowest BCUT2D eigenvalue weighted by Gasteiger charge is -2.31. The standard InChI is InChI=1S/C14H23N5O/c1-3-19-8-6-11(7-9-19)10-16-13-5-4-12(17-18-13)14(20)15-2/h4-5,11H,3,6-10H2,1-2H3,(H,15,20)(H,16,18). The van der Waals surface area contributed by atoms with Gasteiger partial charge in [-0.25, -0.2) is 0 Å². The summed E-state index contributed by atoms with van der Waals surface area (Å²) in [7, 11) is 1.58. The number of nitrogens with zero attached hydrogens (tertiary/aromatic N) is 3. The molecule has 1 saturated heterocycles. The van der Waals surface area contributed by atoms with Gasteiger partial charge in [-0.15, -0.1) is 10.2 Å². The molecule has 2 heterocycles. The van der Waals surface area contributed by atoms with Crippen LogP contribution in [0.4, 0.5) is 5.82 Å². The summed E-state index contributed by atoms with van der Waals surface area (Å²) in [6, 6.07) is 3.49. The van der Waals surface area contributed by atoms with Crippen LogP contribution in [0.3, 0.4) is 0 Å². The molecule has 0 bridgehead atoms. The van der Waals surface area contributed by atoms with E-state index in [1.807, 2.05) is 0 Å². The minimum atomic E-state index is -0.212. The van der Waals surface area contributed by atoms with E-state index in [0.717, 1.165) is 18.9 Å². The van der Waals surface area contributed by atoms with Crippen LogP contribution in [0.25, 0.3) is 0 Å². The lowest BCUT2D eigenvalue weighted by molar-refractivity contribution is 0.0957. The maximum absolute atomic E-state index is 11.4. The van der Waals surface area contributed by atoms with Gasteiger partial charge in [-0.05, 0) is 50.5 Å². The first-order valence-electron chi connectivity index (χ1n) is 7.25. The molecule has 0 saturated carbocycles. The second-order valence-corrected chi connectivity index (χ2v) is 5.14. The molecule has 0 aliphatic carbocycles. The Balaban J connectivity index is 1.78. The van der Waals surface area contributed by atoms with Crippen molar-refractivity contribution in [1.29, 1.82) is 0 Å². The highest BCUT2D eigenvalue weighted by Crippen LogP contribution is 2.17. The molecule has 20 heavy (non-hydrogen) atoms. The normalized spacial score (nSPS) is 16.9. The van der Waals surface area contributed by atoms with Crippen molar-refractivity contribution in [2.45, 2.75) is 19.8 Å². The Morgan fingerprint density at radius 1 is 1.35 bits per heavy atom. The molecule has 0 unspecified atom stereocenters. The van der Waals surface area contributed by atoms with E-state index in [1.54, 1.807) is 19.2 Å². The number of hydrogen-bond donors (Lipinski definition) is 2. The monoisotopic (exact) mass is 277 g/mol. The largest absolute Gasteiger partial charge is 0.368 e. The zero-order chi connectivity index (χ0) is 14.4. The first kappa shape index (κ1) is 14.7. The molecule has 0 radical (unpaired) electrons. The lowest BCUT2D eigenvalue weighted by Crippen LogP contribution is -2.35. The predicted molar refractivity (Wildman–Crippen MR) is 78.7 cm³/mol. The third-order valence-corrected chi connectivity index (χ3v) is 3.85. The highest BCUT2D eigenvalue weighted by Gasteiger charge is 2.17. The Bertz CT molecular complexity index is 426. The van der Waals surface area contributed by atoms with Gasteiger partial charge in [0.1, 0.15) is 5.82 Å². The van der Waals surface area contributed by atoms with E-state index in [-0.39, 0.29) is 5.91 Å². The van der Waals surface area contributed by atoms with Crippen molar-refractivity contribution >= 4 is 11.7 Å². The Hall–Kier alpha value is -1.69. The van der Waals surface area contributed by atoms with Crippen LogP contribution < -0.4 is 10.6 Å². The van der Waals surface area contributed by atoms with Crippen molar-refractivity contribution < 1.29 is 4.79 Å². The zero-order valence-electron chi connectivity index (χ0n) is 12.2. The molecule has 2 rings (SSSR count). The molecule has 6 heteroatoms. The van der Waals surface area contributed by atoms with Gasteiger partial charge in [-0.2, -0.15) is 0 Å². The maximum atomic E-state index is 11.4. The highest BCUT2D eigenvalue weighted by atomic mass is 16.1. The van der Waals surface area contributed by atoms with E-state index >= 15 is 0 Å². The summed E-state index contributed by atoms with van der Waals surface area (Å²) in [4.78, 5) is 13.8. The molecule has 1 aromatic heterocycles. The van der Waals surface area contributed by atoms with Gasteiger partial charge in [0.25, 0.3) is 5.91 Å². The minimum absolute atomic E-state index is 0.212. The van der Waals surface area contributed by atoms with Gasteiger partial charge >= 0.3 is 0 Å². The third-order valence-electron chi connectivity index (χ3n) is 3.85. The summed E-state index contributed by atoms with van der Waals surface area (Å²) >= 11 is 0. The quantitative estimate of drug-likeness (QED) is 0.839. The summed E-state index contributed by atoms with van der Waals surface area (Å²) in [5.41, 5.74) is 0.342. The average Bonchev–Trinajstić information content (AvgIpc) is 2.53. The Morgan fingerprint density at radius 2 is 2.10 bits per heavy atom. The Labute approximate surface area is 120 Å². The van der Waals surface area contributed by atoms with Crippen molar-refractivity contribution in [3.8, 4) is 0 Å². The van der Waals surface area contributed by atoms with Crippen molar-refractivity contribution in [1.82, 2.24) is 20.4 Å². The fourth-order valence-electron chi connectivity index (χ4n) is 2.43. The van der Waals surface area contributed by atoms with E-state index in [1.165, 1.54) is 25.9 Å². The fraction of sp³-hybridized carbons (Fsp3) is 0.643. The van der Waals surface area contributed by atoms with Crippen LogP contribution in [0.15, 0.2) is 12.1 Å². The summed E-state index contributed by atoms with van der Waals surface area (Å²) in [6.45, 7) is 6.65. The number of carbonyl (C=O) groups excluding carboxylic acids is 1. The molecule has 1 fully saturated rings. The molecular formula is C14H23N5O. The lowest BCUT2D eigenvalue weighted by atomic mass is 9.97. The Kier molecular flexibility index (Phi) is 5.29. The summed E-state index contributed by atoms with van der Waals surface area (Å²) in [6.07, 6.45) is 2.45. The van der Waals surface area contributed by atoms with Crippen molar-refractivity contribution in [2.75, 3.05) is 38.5 Å². The van der Waals surface area contributed by atoms with Crippen LogP contribution in [-0.2, 0) is 0 Å². The SMILES string of the molecule is CCN1CCC(CNc2ccc(C(=O)NC)nn2)CC1. The van der Waals surface area contributed by atoms with E-state index in [0.29, 0.717) is 11.6 Å². The maximum Gasteiger partial charge on any atom is 0.271 e. The van der Waals surface area contributed by atoms with Crippen molar-refractivity contribution in [2.24, 2.45) is 5.92 Å². The number of amides is 1. The molecule has 1 aliphatic rings. The number of carbonyl (C=O) groups is 1. The first-order valence-corrected chi connectivity index (χ1v) is 7.25. The predicted octanol–water partition coefficient (Wildman–Crippen LogP) is 0.980. The number of anilines is 1. The molecule has 0 aromatic carbocycles. The molecule has 0 spiro atoms. The fourth-order valence-corrected chi connectivity index (χ4v) is 2.43. The molecule has 2 N–H and O–H groups in total. The Morgan fingerprint density at radius 3 is 2.65 bits per heavy atom. The summed E-state index contributed by atoms with van der Waals surface area (Å²) in [5, 5.41) is 13.8. The van der Waals surface area contributed by atoms with Crippen LogP contribution in [0.5, 0.6) is 0 Å². The van der Waals surface area contributed by atoms with Gasteiger partial charge in [-0.3, -0.25) is 4.79 Å². The number of piperidine rings is 1. The molecule has 6 nitrogen and oxygen atoms in total. The second kappa shape index (κ2) is 7.19. The van der Waals surface area contributed by atoms with Gasteiger partial charge in [0.05, 0.1) is 0 Å². The molecule has 1 amide bonds. The van der Waals surface area contributed by atoms with Gasteiger partial charge in [-0.1, -0.05) is 6.92 Å². The topological polar surface area (TPSA) is 70.2 Å². The molecular weight excluding hydrogens is 254 g/mol. The van der Waals surface area contributed by atoms with Gasteiger partial charge in [0, 0.05) is 13.6 Å². The average molecular weight is 277 g/mol. The van der Waals surface area contributed by atoms with E-state index < -0.39 is 0 Å². The van der Waals surface area contributed by atoms with Gasteiger partial charge < -0.3 is 15.5 Å². The molecule has 0 atom stereocenters. The van der Waals surface area contributed by atoms with Crippen LogP contribution in [0.1, 0.15) is 30.3 Å². The second-order valence-electron chi connectivity index (χ2n) is 5.14. The number of likely N-dealkylation sites (tertiary alicyclic amines) is 1. The summed E-state index contributed by atoms with van der Waals surface area (Å²) in [5.74, 6) is 1.21.